The smallest absolute Gasteiger partial charge is 0.422 e. The van der Waals surface area contributed by atoms with Gasteiger partial charge in [0.1, 0.15) is 11.3 Å². The Morgan fingerprint density at radius 2 is 2.00 bits per heavy atom. The molecule has 5 nitrogen and oxygen atoms in total. The Kier molecular flexibility index (Phi) is 4.25. The summed E-state index contributed by atoms with van der Waals surface area (Å²) >= 11 is 0. The van der Waals surface area contributed by atoms with E-state index in [9.17, 15) is 26.4 Å². The van der Waals surface area contributed by atoms with Crippen molar-refractivity contribution >= 4 is 21.1 Å². The fourth-order valence-electron chi connectivity index (χ4n) is 2.00. The number of hydrogen-bond donors (Lipinski definition) is 0. The Labute approximate surface area is 129 Å². The lowest BCUT2D eigenvalue weighted by Gasteiger charge is -2.14. The van der Waals surface area contributed by atoms with E-state index < -0.39 is 27.0 Å². The van der Waals surface area contributed by atoms with E-state index in [-0.39, 0.29) is 17.6 Å². The van der Waals surface area contributed by atoms with E-state index in [2.05, 4.69) is 10.8 Å². The molecule has 9 heteroatoms. The van der Waals surface area contributed by atoms with Gasteiger partial charge in [0.05, 0.1) is 0 Å². The standard InChI is InChI=1S/C14H11F3O5S/c1-3-4-10-11(22-23(19,20)14(15,16)17)6-5-9-8(2)7-12(18)21-13(9)10/h3,5-7H,1,4H2,2H3. The molecule has 0 amide bonds. The number of fused-ring (bicyclic) bond motifs is 1. The average molecular weight is 348 g/mol. The minimum Gasteiger partial charge on any atom is -0.422 e. The number of aryl methyl sites for hydroxylation is 1. The number of hydrogen-bond acceptors (Lipinski definition) is 5. The van der Waals surface area contributed by atoms with Gasteiger partial charge in [0.25, 0.3) is 0 Å². The van der Waals surface area contributed by atoms with E-state index >= 15 is 0 Å². The number of rotatable bonds is 4. The molecular weight excluding hydrogens is 337 g/mol. The van der Waals surface area contributed by atoms with Crippen molar-refractivity contribution in [2.45, 2.75) is 18.9 Å². The SMILES string of the molecule is C=CCc1c(OS(=O)(=O)C(F)(F)F)ccc2c(C)cc(=O)oc12. The van der Waals surface area contributed by atoms with E-state index in [1.54, 1.807) is 6.92 Å². The van der Waals surface area contributed by atoms with Crippen LogP contribution < -0.4 is 9.81 Å². The molecule has 0 aliphatic heterocycles. The number of halogens is 3. The molecule has 0 saturated carbocycles. The zero-order valence-electron chi connectivity index (χ0n) is 11.8. The summed E-state index contributed by atoms with van der Waals surface area (Å²) in [7, 11) is -5.83. The summed E-state index contributed by atoms with van der Waals surface area (Å²) in [6.45, 7) is 5.06. The van der Waals surface area contributed by atoms with Crippen molar-refractivity contribution in [1.82, 2.24) is 0 Å². The van der Waals surface area contributed by atoms with Gasteiger partial charge < -0.3 is 8.60 Å². The molecule has 0 radical (unpaired) electrons. The Morgan fingerprint density at radius 1 is 1.35 bits per heavy atom. The lowest BCUT2D eigenvalue weighted by molar-refractivity contribution is -0.0500. The second-order valence-corrected chi connectivity index (χ2v) is 6.18. The molecular formula is C14H11F3O5S. The van der Waals surface area contributed by atoms with Gasteiger partial charge >= 0.3 is 21.3 Å². The first-order valence-electron chi connectivity index (χ1n) is 6.25. The number of benzene rings is 1. The van der Waals surface area contributed by atoms with Crippen LogP contribution in [0, 0.1) is 6.92 Å². The van der Waals surface area contributed by atoms with Gasteiger partial charge in [-0.2, -0.15) is 21.6 Å². The second-order valence-electron chi connectivity index (χ2n) is 4.64. The first-order valence-corrected chi connectivity index (χ1v) is 7.65. The quantitative estimate of drug-likeness (QED) is 0.367. The molecule has 0 fully saturated rings. The molecule has 2 rings (SSSR count). The summed E-state index contributed by atoms with van der Waals surface area (Å²) in [5.41, 5.74) is -5.79. The molecule has 0 unspecified atom stereocenters. The summed E-state index contributed by atoms with van der Waals surface area (Å²) in [5, 5.41) is 0.457. The van der Waals surface area contributed by atoms with Gasteiger partial charge in [-0.15, -0.1) is 6.58 Å². The van der Waals surface area contributed by atoms with Crippen LogP contribution in [-0.2, 0) is 16.5 Å². The maximum atomic E-state index is 12.5. The molecule has 0 saturated heterocycles. The first kappa shape index (κ1) is 17.1. The lowest BCUT2D eigenvalue weighted by Crippen LogP contribution is -2.28. The number of alkyl halides is 3. The highest BCUT2D eigenvalue weighted by Gasteiger charge is 2.48. The predicted octanol–water partition coefficient (Wildman–Crippen LogP) is 3.06. The van der Waals surface area contributed by atoms with Crippen LogP contribution >= 0.6 is 0 Å². The van der Waals surface area contributed by atoms with Crippen LogP contribution in [0.1, 0.15) is 11.1 Å². The molecule has 124 valence electrons. The highest BCUT2D eigenvalue weighted by molar-refractivity contribution is 7.88. The first-order chi connectivity index (χ1) is 10.6. The molecule has 1 aromatic heterocycles. The molecule has 0 atom stereocenters. The summed E-state index contributed by atoms with van der Waals surface area (Å²) in [4.78, 5) is 11.5. The van der Waals surface area contributed by atoms with Crippen molar-refractivity contribution in [1.29, 1.82) is 0 Å². The van der Waals surface area contributed by atoms with Gasteiger partial charge in [-0.1, -0.05) is 6.08 Å². The van der Waals surface area contributed by atoms with Gasteiger partial charge in [0.15, 0.2) is 0 Å². The van der Waals surface area contributed by atoms with Gasteiger partial charge in [-0.3, -0.25) is 0 Å². The van der Waals surface area contributed by atoms with Crippen molar-refractivity contribution < 1.29 is 30.2 Å². The molecule has 23 heavy (non-hydrogen) atoms. The summed E-state index contributed by atoms with van der Waals surface area (Å²) < 4.78 is 69.0. The fourth-order valence-corrected chi connectivity index (χ4v) is 2.49. The second kappa shape index (κ2) is 5.73. The van der Waals surface area contributed by atoms with Crippen molar-refractivity contribution in [3.05, 3.63) is 52.4 Å². The van der Waals surface area contributed by atoms with Crippen LogP contribution in [-0.4, -0.2) is 13.9 Å². The minimum atomic E-state index is -5.83. The van der Waals surface area contributed by atoms with Crippen molar-refractivity contribution in [3.63, 3.8) is 0 Å². The van der Waals surface area contributed by atoms with Crippen LogP contribution in [0.2, 0.25) is 0 Å². The predicted molar refractivity (Wildman–Crippen MR) is 76.7 cm³/mol. The average Bonchev–Trinajstić information content (AvgIpc) is 2.40. The van der Waals surface area contributed by atoms with Crippen LogP contribution in [0.3, 0.4) is 0 Å². The van der Waals surface area contributed by atoms with Gasteiger partial charge in [0, 0.05) is 17.0 Å². The van der Waals surface area contributed by atoms with Crippen molar-refractivity contribution in [2.24, 2.45) is 0 Å². The molecule has 1 heterocycles. The molecule has 1 aromatic carbocycles. The maximum absolute atomic E-state index is 12.5. The molecule has 0 N–H and O–H groups in total. The van der Waals surface area contributed by atoms with Crippen LogP contribution in [0.25, 0.3) is 11.0 Å². The lowest BCUT2D eigenvalue weighted by atomic mass is 10.0. The fraction of sp³-hybridized carbons (Fsp3) is 0.214. The van der Waals surface area contributed by atoms with Crippen LogP contribution in [0.15, 0.2) is 40.1 Å². The Morgan fingerprint density at radius 3 is 2.57 bits per heavy atom. The van der Waals surface area contributed by atoms with Crippen LogP contribution in [0.4, 0.5) is 13.2 Å². The largest absolute Gasteiger partial charge is 0.534 e. The topological polar surface area (TPSA) is 73.6 Å². The zero-order chi connectivity index (χ0) is 17.4. The van der Waals surface area contributed by atoms with E-state index in [4.69, 9.17) is 4.42 Å². The highest BCUT2D eigenvalue weighted by atomic mass is 32.2. The Balaban J connectivity index is 2.73. The normalized spacial score (nSPS) is 12.3. The summed E-state index contributed by atoms with van der Waals surface area (Å²) in [5.74, 6) is -0.566. The Hall–Kier alpha value is -2.29. The monoisotopic (exact) mass is 348 g/mol. The van der Waals surface area contributed by atoms with Gasteiger partial charge in [0.2, 0.25) is 0 Å². The third-order valence-electron chi connectivity index (χ3n) is 3.01. The van der Waals surface area contributed by atoms with E-state index in [1.807, 2.05) is 0 Å². The molecule has 2 aromatic rings. The van der Waals surface area contributed by atoms with Crippen molar-refractivity contribution in [2.75, 3.05) is 0 Å². The van der Waals surface area contributed by atoms with E-state index in [0.29, 0.717) is 10.9 Å². The molecule has 0 aliphatic carbocycles. The molecule has 0 aliphatic rings. The van der Waals surface area contributed by atoms with E-state index in [0.717, 1.165) is 6.07 Å². The maximum Gasteiger partial charge on any atom is 0.534 e. The highest BCUT2D eigenvalue weighted by Crippen LogP contribution is 2.33. The third-order valence-corrected chi connectivity index (χ3v) is 3.98. The summed E-state index contributed by atoms with van der Waals surface area (Å²) in [6.07, 6.45) is 1.27. The van der Waals surface area contributed by atoms with Gasteiger partial charge in [-0.25, -0.2) is 4.79 Å². The van der Waals surface area contributed by atoms with Gasteiger partial charge in [-0.05, 0) is 31.0 Å². The molecule has 0 spiro atoms. The zero-order valence-corrected chi connectivity index (χ0v) is 12.6. The number of allylic oxidation sites excluding steroid dienone is 1. The van der Waals surface area contributed by atoms with Crippen molar-refractivity contribution in [3.8, 4) is 5.75 Å². The molecule has 0 bridgehead atoms. The van der Waals surface area contributed by atoms with Crippen LogP contribution in [0.5, 0.6) is 5.75 Å². The minimum absolute atomic E-state index is 0.00822. The summed E-state index contributed by atoms with van der Waals surface area (Å²) in [6, 6.07) is 3.62. The Bertz CT molecular complexity index is 926. The third kappa shape index (κ3) is 3.24. The van der Waals surface area contributed by atoms with E-state index in [1.165, 1.54) is 18.2 Å².